The Labute approximate surface area is 100 Å². The highest BCUT2D eigenvalue weighted by Crippen LogP contribution is 1.97. The van der Waals surface area contributed by atoms with Crippen molar-refractivity contribution < 1.29 is 24.9 Å². The van der Waals surface area contributed by atoms with Gasteiger partial charge in [-0.3, -0.25) is 0 Å². The number of aliphatic carboxylic acids is 1. The van der Waals surface area contributed by atoms with E-state index >= 15 is 0 Å². The smallest absolute Gasteiger partial charge is 0.328 e. The second-order valence-electron chi connectivity index (χ2n) is 4.07. The normalized spacial score (nSPS) is 15.8. The fourth-order valence-corrected chi connectivity index (χ4v) is 1.11. The SMILES string of the molecule is CC(O)CCN(C)C(=O)NC(C(=O)O)C(C)O. The number of urea groups is 1. The molecule has 100 valence electrons. The summed E-state index contributed by atoms with van der Waals surface area (Å²) in [6.07, 6.45) is -1.31. The number of hydrogen-bond acceptors (Lipinski definition) is 4. The maximum Gasteiger partial charge on any atom is 0.328 e. The van der Waals surface area contributed by atoms with E-state index in [4.69, 9.17) is 10.2 Å². The Hall–Kier alpha value is -1.34. The Morgan fingerprint density at radius 2 is 1.82 bits per heavy atom. The van der Waals surface area contributed by atoms with Crippen molar-refractivity contribution in [2.45, 2.75) is 38.5 Å². The monoisotopic (exact) mass is 248 g/mol. The number of nitrogens with zero attached hydrogens (tertiary/aromatic N) is 1. The van der Waals surface area contributed by atoms with Gasteiger partial charge in [-0.1, -0.05) is 0 Å². The molecule has 0 aromatic heterocycles. The van der Waals surface area contributed by atoms with Crippen LogP contribution in [0, 0.1) is 0 Å². The van der Waals surface area contributed by atoms with Crippen molar-refractivity contribution in [1.82, 2.24) is 10.2 Å². The minimum absolute atomic E-state index is 0.301. The maximum atomic E-state index is 11.5. The number of amides is 2. The van der Waals surface area contributed by atoms with Gasteiger partial charge in [-0.25, -0.2) is 9.59 Å². The fraction of sp³-hybridized carbons (Fsp3) is 0.800. The van der Waals surface area contributed by atoms with Crippen LogP contribution >= 0.6 is 0 Å². The van der Waals surface area contributed by atoms with Crippen molar-refractivity contribution in [2.75, 3.05) is 13.6 Å². The summed E-state index contributed by atoms with van der Waals surface area (Å²) in [5.41, 5.74) is 0. The predicted molar refractivity (Wildman–Crippen MR) is 60.6 cm³/mol. The summed E-state index contributed by atoms with van der Waals surface area (Å²) >= 11 is 0. The van der Waals surface area contributed by atoms with Gasteiger partial charge in [0.25, 0.3) is 0 Å². The van der Waals surface area contributed by atoms with Crippen LogP contribution in [0.1, 0.15) is 20.3 Å². The molecule has 0 aliphatic carbocycles. The van der Waals surface area contributed by atoms with E-state index in [1.165, 1.54) is 18.9 Å². The quantitative estimate of drug-likeness (QED) is 0.493. The highest BCUT2D eigenvalue weighted by Gasteiger charge is 2.26. The number of nitrogens with one attached hydrogen (secondary N) is 1. The first-order chi connectivity index (χ1) is 7.75. The molecular formula is C10H20N2O5. The third-order valence-corrected chi connectivity index (χ3v) is 2.26. The Balaban J connectivity index is 4.26. The molecule has 0 radical (unpaired) electrons. The molecule has 0 saturated carbocycles. The minimum atomic E-state index is -1.34. The molecule has 3 atom stereocenters. The van der Waals surface area contributed by atoms with Crippen LogP contribution in [-0.4, -0.2) is 64.1 Å². The van der Waals surface area contributed by atoms with Gasteiger partial charge in [-0.15, -0.1) is 0 Å². The van der Waals surface area contributed by atoms with E-state index in [9.17, 15) is 14.7 Å². The average molecular weight is 248 g/mol. The second-order valence-corrected chi connectivity index (χ2v) is 4.07. The molecule has 0 aromatic rings. The summed E-state index contributed by atoms with van der Waals surface area (Å²) in [6.45, 7) is 3.19. The fourth-order valence-electron chi connectivity index (χ4n) is 1.11. The number of carbonyl (C=O) groups excluding carboxylic acids is 1. The van der Waals surface area contributed by atoms with Crippen LogP contribution in [-0.2, 0) is 4.79 Å². The Bertz CT molecular complexity index is 267. The third-order valence-electron chi connectivity index (χ3n) is 2.26. The highest BCUT2D eigenvalue weighted by atomic mass is 16.4. The predicted octanol–water partition coefficient (Wildman–Crippen LogP) is -0.767. The molecule has 0 bridgehead atoms. The van der Waals surface area contributed by atoms with Crippen LogP contribution in [0.3, 0.4) is 0 Å². The van der Waals surface area contributed by atoms with Crippen molar-refractivity contribution in [3.8, 4) is 0 Å². The van der Waals surface area contributed by atoms with Crippen molar-refractivity contribution in [3.63, 3.8) is 0 Å². The van der Waals surface area contributed by atoms with E-state index in [-0.39, 0.29) is 0 Å². The number of aliphatic hydroxyl groups is 2. The maximum absolute atomic E-state index is 11.5. The van der Waals surface area contributed by atoms with Crippen LogP contribution in [0.25, 0.3) is 0 Å². The van der Waals surface area contributed by atoms with Gasteiger partial charge in [0.05, 0.1) is 12.2 Å². The molecule has 4 N–H and O–H groups in total. The summed E-state index contributed by atoms with van der Waals surface area (Å²) in [6, 6.07) is -1.93. The molecule has 17 heavy (non-hydrogen) atoms. The first-order valence-electron chi connectivity index (χ1n) is 5.36. The zero-order valence-electron chi connectivity index (χ0n) is 10.3. The van der Waals surface area contributed by atoms with E-state index in [0.29, 0.717) is 13.0 Å². The summed E-state index contributed by atoms with van der Waals surface area (Å²) in [4.78, 5) is 23.5. The van der Waals surface area contributed by atoms with Crippen LogP contribution in [0.2, 0.25) is 0 Å². The number of carbonyl (C=O) groups is 2. The number of aliphatic hydroxyl groups excluding tert-OH is 2. The molecule has 0 aliphatic heterocycles. The van der Waals surface area contributed by atoms with Crippen molar-refractivity contribution in [3.05, 3.63) is 0 Å². The van der Waals surface area contributed by atoms with Gasteiger partial charge in [0.1, 0.15) is 0 Å². The second kappa shape index (κ2) is 7.08. The van der Waals surface area contributed by atoms with E-state index < -0.39 is 30.3 Å². The Morgan fingerprint density at radius 1 is 1.29 bits per heavy atom. The molecule has 0 spiro atoms. The Morgan fingerprint density at radius 3 is 2.18 bits per heavy atom. The van der Waals surface area contributed by atoms with Crippen LogP contribution in [0.4, 0.5) is 4.79 Å². The zero-order valence-corrected chi connectivity index (χ0v) is 10.3. The zero-order chi connectivity index (χ0) is 13.6. The number of hydrogen-bond donors (Lipinski definition) is 4. The lowest BCUT2D eigenvalue weighted by Crippen LogP contribution is -2.51. The van der Waals surface area contributed by atoms with Gasteiger partial charge in [-0.2, -0.15) is 0 Å². The van der Waals surface area contributed by atoms with Crippen molar-refractivity contribution in [2.24, 2.45) is 0 Å². The molecule has 0 aromatic carbocycles. The summed E-state index contributed by atoms with van der Waals surface area (Å²) in [7, 11) is 1.48. The third kappa shape index (κ3) is 6.08. The van der Waals surface area contributed by atoms with E-state index in [2.05, 4.69) is 5.32 Å². The van der Waals surface area contributed by atoms with Crippen molar-refractivity contribution >= 4 is 12.0 Å². The van der Waals surface area contributed by atoms with E-state index in [1.807, 2.05) is 0 Å². The summed E-state index contributed by atoms with van der Waals surface area (Å²) in [5.74, 6) is -1.29. The number of carboxylic acid groups (broad SMARTS) is 1. The largest absolute Gasteiger partial charge is 0.480 e. The number of rotatable bonds is 6. The van der Waals surface area contributed by atoms with E-state index in [0.717, 1.165) is 0 Å². The summed E-state index contributed by atoms with van der Waals surface area (Å²) < 4.78 is 0. The van der Waals surface area contributed by atoms with Gasteiger partial charge >= 0.3 is 12.0 Å². The highest BCUT2D eigenvalue weighted by molar-refractivity contribution is 5.82. The van der Waals surface area contributed by atoms with Crippen molar-refractivity contribution in [1.29, 1.82) is 0 Å². The molecule has 0 rings (SSSR count). The van der Waals surface area contributed by atoms with Gasteiger partial charge in [0.2, 0.25) is 0 Å². The van der Waals surface area contributed by atoms with Gasteiger partial charge in [0, 0.05) is 13.6 Å². The lowest BCUT2D eigenvalue weighted by molar-refractivity contribution is -0.141. The molecular weight excluding hydrogens is 228 g/mol. The average Bonchev–Trinajstić information content (AvgIpc) is 2.20. The van der Waals surface area contributed by atoms with Crippen LogP contribution < -0.4 is 5.32 Å². The van der Waals surface area contributed by atoms with Gasteiger partial charge in [0.15, 0.2) is 6.04 Å². The number of carboxylic acids is 1. The summed E-state index contributed by atoms with van der Waals surface area (Å²) in [5, 5.41) is 29.2. The van der Waals surface area contributed by atoms with Gasteiger partial charge < -0.3 is 25.5 Å². The lowest BCUT2D eigenvalue weighted by Gasteiger charge is -2.23. The van der Waals surface area contributed by atoms with E-state index in [1.54, 1.807) is 6.92 Å². The van der Waals surface area contributed by atoms with Gasteiger partial charge in [-0.05, 0) is 20.3 Å². The first-order valence-corrected chi connectivity index (χ1v) is 5.36. The molecule has 0 heterocycles. The molecule has 2 amide bonds. The van der Waals surface area contributed by atoms with Crippen LogP contribution in [0.15, 0.2) is 0 Å². The standard InChI is InChI=1S/C10H20N2O5/c1-6(13)4-5-12(3)10(17)11-8(7(2)14)9(15)16/h6-8,13-14H,4-5H2,1-3H3,(H,11,17)(H,15,16). The molecule has 0 fully saturated rings. The molecule has 7 heteroatoms. The Kier molecular flexibility index (Phi) is 6.52. The first kappa shape index (κ1) is 15.7. The lowest BCUT2D eigenvalue weighted by atomic mass is 10.2. The molecule has 0 aliphatic rings. The molecule has 7 nitrogen and oxygen atoms in total. The molecule has 0 saturated heterocycles. The topological polar surface area (TPSA) is 110 Å². The minimum Gasteiger partial charge on any atom is -0.480 e. The van der Waals surface area contributed by atoms with Crippen LogP contribution in [0.5, 0.6) is 0 Å². The molecule has 3 unspecified atom stereocenters.